The van der Waals surface area contributed by atoms with Crippen LogP contribution in [-0.4, -0.2) is 84.7 Å². The average Bonchev–Trinajstić information content (AvgIpc) is 3.24. The van der Waals surface area contributed by atoms with Gasteiger partial charge in [0.2, 0.25) is 0 Å². The van der Waals surface area contributed by atoms with Crippen LogP contribution in [0.25, 0.3) is 11.3 Å². The molecule has 32 heavy (non-hydrogen) atoms. The molecule has 8 heteroatoms. The van der Waals surface area contributed by atoms with Crippen LogP contribution in [0.5, 0.6) is 5.75 Å². The van der Waals surface area contributed by atoms with E-state index >= 15 is 0 Å². The van der Waals surface area contributed by atoms with Gasteiger partial charge in [0.05, 0.1) is 26.0 Å². The van der Waals surface area contributed by atoms with Gasteiger partial charge in [-0.05, 0) is 55.6 Å². The number of morpholine rings is 1. The largest absolute Gasteiger partial charge is 0.497 e. The van der Waals surface area contributed by atoms with Gasteiger partial charge in [-0.15, -0.1) is 0 Å². The Hall–Kier alpha value is -2.58. The lowest BCUT2D eigenvalue weighted by Crippen LogP contribution is -2.57. The van der Waals surface area contributed by atoms with Crippen molar-refractivity contribution >= 4 is 6.03 Å². The summed E-state index contributed by atoms with van der Waals surface area (Å²) in [6.45, 7) is 5.50. The van der Waals surface area contributed by atoms with E-state index in [0.717, 1.165) is 43.1 Å². The van der Waals surface area contributed by atoms with Gasteiger partial charge in [-0.1, -0.05) is 0 Å². The van der Waals surface area contributed by atoms with Crippen LogP contribution in [0.3, 0.4) is 0 Å². The zero-order valence-corrected chi connectivity index (χ0v) is 19.0. The quantitative estimate of drug-likeness (QED) is 0.774. The molecule has 4 aliphatic rings. The molecule has 4 aliphatic heterocycles. The number of aromatic nitrogens is 2. The topological polar surface area (TPSA) is 71.9 Å². The zero-order chi connectivity index (χ0) is 22.1. The number of methoxy groups -OCH3 is 1. The number of piperidine rings is 3. The number of nitrogens with zero attached hydrogens (tertiary/aromatic N) is 4. The Morgan fingerprint density at radius 1 is 1.22 bits per heavy atom. The van der Waals surface area contributed by atoms with E-state index in [-0.39, 0.29) is 6.03 Å². The van der Waals surface area contributed by atoms with Crippen molar-refractivity contribution < 1.29 is 14.3 Å². The highest BCUT2D eigenvalue weighted by molar-refractivity contribution is 5.74. The third-order valence-electron chi connectivity index (χ3n) is 7.35. The van der Waals surface area contributed by atoms with Crippen molar-refractivity contribution in [2.24, 2.45) is 13.0 Å². The van der Waals surface area contributed by atoms with Crippen molar-refractivity contribution in [3.8, 4) is 17.0 Å². The number of nitrogens with one attached hydrogen (secondary N) is 1. The molecule has 0 spiro atoms. The fourth-order valence-electron chi connectivity index (χ4n) is 5.50. The number of urea groups is 1. The van der Waals surface area contributed by atoms with Crippen molar-refractivity contribution in [3.05, 3.63) is 36.0 Å². The number of ether oxygens (including phenoxy) is 2. The van der Waals surface area contributed by atoms with Gasteiger partial charge in [0.1, 0.15) is 5.75 Å². The Balaban J connectivity index is 1.23. The Morgan fingerprint density at radius 2 is 2.00 bits per heavy atom. The molecule has 6 rings (SSSR count). The third-order valence-corrected chi connectivity index (χ3v) is 7.35. The lowest BCUT2D eigenvalue weighted by atomic mass is 9.74. The first kappa shape index (κ1) is 21.3. The Kier molecular flexibility index (Phi) is 6.06. The molecule has 5 heterocycles. The summed E-state index contributed by atoms with van der Waals surface area (Å²) in [4.78, 5) is 16.9. The maximum atomic E-state index is 12.5. The molecule has 1 aromatic carbocycles. The van der Waals surface area contributed by atoms with E-state index in [4.69, 9.17) is 14.6 Å². The highest BCUT2D eigenvalue weighted by atomic mass is 16.5. The zero-order valence-electron chi connectivity index (χ0n) is 19.0. The summed E-state index contributed by atoms with van der Waals surface area (Å²) in [5.41, 5.74) is 3.43. The Morgan fingerprint density at radius 3 is 2.69 bits per heavy atom. The van der Waals surface area contributed by atoms with Gasteiger partial charge in [0.25, 0.3) is 0 Å². The van der Waals surface area contributed by atoms with Crippen LogP contribution >= 0.6 is 0 Å². The molecule has 0 saturated carbocycles. The van der Waals surface area contributed by atoms with Crippen LogP contribution < -0.4 is 10.1 Å². The summed E-state index contributed by atoms with van der Waals surface area (Å²) >= 11 is 0. The normalized spacial score (nSPS) is 27.4. The van der Waals surface area contributed by atoms with Crippen molar-refractivity contribution in [2.45, 2.75) is 24.8 Å². The van der Waals surface area contributed by atoms with Crippen molar-refractivity contribution in [2.75, 3.05) is 53.0 Å². The molecule has 0 aliphatic carbocycles. The molecule has 172 valence electrons. The predicted molar refractivity (Wildman–Crippen MR) is 122 cm³/mol. The van der Waals surface area contributed by atoms with Crippen molar-refractivity contribution in [3.63, 3.8) is 0 Å². The fourth-order valence-corrected chi connectivity index (χ4v) is 5.50. The summed E-state index contributed by atoms with van der Waals surface area (Å²) in [7, 11) is 3.74. The number of carbonyl (C=O) groups is 1. The molecule has 1 aromatic heterocycles. The van der Waals surface area contributed by atoms with Gasteiger partial charge < -0.3 is 19.7 Å². The number of hydrogen-bond acceptors (Lipinski definition) is 5. The minimum absolute atomic E-state index is 0.0447. The van der Waals surface area contributed by atoms with E-state index in [0.29, 0.717) is 44.2 Å². The lowest BCUT2D eigenvalue weighted by molar-refractivity contribution is 0.0265. The summed E-state index contributed by atoms with van der Waals surface area (Å²) in [6.07, 6.45) is 2.33. The molecule has 4 atom stereocenters. The maximum absolute atomic E-state index is 12.5. The second-order valence-electron chi connectivity index (χ2n) is 9.13. The molecular weight excluding hydrogens is 406 g/mol. The van der Waals surface area contributed by atoms with Crippen LogP contribution in [-0.2, 0) is 11.8 Å². The van der Waals surface area contributed by atoms with E-state index in [2.05, 4.69) is 40.1 Å². The SMILES string of the molecule is COc1ccc(-c2cc([C@H]3CN4CC[C@H]3C[C@@H]4CNC(=O)N3CCOCC3)n(C)n2)cc1. The lowest BCUT2D eigenvalue weighted by Gasteiger charge is -2.50. The number of amides is 2. The molecule has 8 nitrogen and oxygen atoms in total. The van der Waals surface area contributed by atoms with Crippen LogP contribution in [0.4, 0.5) is 4.79 Å². The Labute approximate surface area is 189 Å². The fraction of sp³-hybridized carbons (Fsp3) is 0.583. The summed E-state index contributed by atoms with van der Waals surface area (Å²) in [5.74, 6) is 1.97. The van der Waals surface area contributed by atoms with Crippen molar-refractivity contribution in [1.82, 2.24) is 24.9 Å². The minimum atomic E-state index is 0.0447. The van der Waals surface area contributed by atoms with Crippen LogP contribution in [0.2, 0.25) is 0 Å². The molecule has 4 fully saturated rings. The van der Waals surface area contributed by atoms with E-state index in [1.54, 1.807) is 7.11 Å². The van der Waals surface area contributed by atoms with E-state index < -0.39 is 0 Å². The summed E-state index contributed by atoms with van der Waals surface area (Å²) in [6, 6.07) is 10.8. The molecule has 0 radical (unpaired) electrons. The van der Waals surface area contributed by atoms with Gasteiger partial charge >= 0.3 is 6.03 Å². The first-order chi connectivity index (χ1) is 15.6. The first-order valence-corrected chi connectivity index (χ1v) is 11.7. The van der Waals surface area contributed by atoms with Gasteiger partial charge in [-0.2, -0.15) is 5.10 Å². The monoisotopic (exact) mass is 439 g/mol. The van der Waals surface area contributed by atoms with Crippen LogP contribution in [0.1, 0.15) is 24.5 Å². The van der Waals surface area contributed by atoms with Crippen LogP contribution in [0.15, 0.2) is 30.3 Å². The van der Waals surface area contributed by atoms with E-state index in [1.165, 1.54) is 12.1 Å². The molecule has 1 unspecified atom stereocenters. The number of hydrogen-bond donors (Lipinski definition) is 1. The van der Waals surface area contributed by atoms with Gasteiger partial charge in [0.15, 0.2) is 0 Å². The molecule has 2 amide bonds. The highest BCUT2D eigenvalue weighted by Gasteiger charge is 2.42. The number of fused-ring (bicyclic) bond motifs is 3. The molecule has 2 bridgehead atoms. The number of aryl methyl sites for hydroxylation is 1. The Bertz CT molecular complexity index is 938. The summed E-state index contributed by atoms with van der Waals surface area (Å²) < 4.78 is 12.7. The van der Waals surface area contributed by atoms with Crippen LogP contribution in [0, 0.1) is 5.92 Å². The van der Waals surface area contributed by atoms with E-state index in [9.17, 15) is 4.79 Å². The second-order valence-corrected chi connectivity index (χ2v) is 9.13. The van der Waals surface area contributed by atoms with Gasteiger partial charge in [-0.25, -0.2) is 4.79 Å². The van der Waals surface area contributed by atoms with Crippen molar-refractivity contribution in [1.29, 1.82) is 0 Å². The predicted octanol–water partition coefficient (Wildman–Crippen LogP) is 2.32. The smallest absolute Gasteiger partial charge is 0.317 e. The first-order valence-electron chi connectivity index (χ1n) is 11.7. The molecule has 4 saturated heterocycles. The molecule has 2 aromatic rings. The highest BCUT2D eigenvalue weighted by Crippen LogP contribution is 2.42. The van der Waals surface area contributed by atoms with E-state index in [1.807, 2.05) is 17.0 Å². The second kappa shape index (κ2) is 9.11. The van der Waals surface area contributed by atoms with Gasteiger partial charge in [-0.3, -0.25) is 9.58 Å². The maximum Gasteiger partial charge on any atom is 0.317 e. The molecule has 1 N–H and O–H groups in total. The third kappa shape index (κ3) is 4.21. The summed E-state index contributed by atoms with van der Waals surface area (Å²) in [5, 5.41) is 7.98. The average molecular weight is 440 g/mol. The molecular formula is C24H33N5O3. The number of rotatable bonds is 5. The minimum Gasteiger partial charge on any atom is -0.497 e. The standard InChI is InChI=1S/C24H33N5O3/c1-27-23(14-22(26-27)17-3-5-20(31-2)6-4-17)21-16-29-8-7-18(21)13-19(29)15-25-24(30)28-9-11-32-12-10-28/h3-6,14,18-19,21H,7-13,15-16H2,1-2H3,(H,25,30)/t18-,19+,21-/m0/s1. The number of benzene rings is 1. The van der Waals surface area contributed by atoms with Gasteiger partial charge in [0, 0.05) is 56.4 Å². The number of carbonyl (C=O) groups excluding carboxylic acids is 1.